The molecule has 0 spiro atoms. The van der Waals surface area contributed by atoms with Crippen LogP contribution in [0.2, 0.25) is 0 Å². The third kappa shape index (κ3) is 5.28. The molecule has 0 radical (unpaired) electrons. The van der Waals surface area contributed by atoms with Gasteiger partial charge < -0.3 is 5.32 Å². The highest BCUT2D eigenvalue weighted by Crippen LogP contribution is 2.10. The average Bonchev–Trinajstić information content (AvgIpc) is 2.15. The first-order chi connectivity index (χ1) is 7.78. The Morgan fingerprint density at radius 2 is 1.76 bits per heavy atom. The van der Waals surface area contributed by atoms with Crippen molar-refractivity contribution in [3.63, 3.8) is 0 Å². The lowest BCUT2D eigenvalue weighted by atomic mass is 10.1. The quantitative estimate of drug-likeness (QED) is 0.783. The number of hydrogen-bond donors (Lipinski definition) is 2. The monoisotopic (exact) mass is 314 g/mol. The number of carbonyl (C=O) groups is 1. The molecule has 5 heteroatoms. The predicted molar refractivity (Wildman–Crippen MR) is 77.1 cm³/mol. The zero-order valence-electron chi connectivity index (χ0n) is 10.0. The minimum Gasteiger partial charge on any atom is -0.358 e. The van der Waals surface area contributed by atoms with E-state index in [1.807, 2.05) is 32.9 Å². The van der Waals surface area contributed by atoms with E-state index >= 15 is 0 Å². The van der Waals surface area contributed by atoms with Gasteiger partial charge in [0.25, 0.3) is 5.91 Å². The molecule has 0 atom stereocenters. The average molecular weight is 315 g/mol. The van der Waals surface area contributed by atoms with E-state index < -0.39 is 0 Å². The van der Waals surface area contributed by atoms with E-state index in [0.717, 1.165) is 4.47 Å². The fourth-order valence-electron chi connectivity index (χ4n) is 1.15. The van der Waals surface area contributed by atoms with Crippen LogP contribution in [-0.2, 0) is 0 Å². The van der Waals surface area contributed by atoms with Crippen LogP contribution in [0, 0.1) is 0 Å². The van der Waals surface area contributed by atoms with Crippen molar-refractivity contribution in [2.45, 2.75) is 26.3 Å². The van der Waals surface area contributed by atoms with Crippen molar-refractivity contribution < 1.29 is 4.79 Å². The van der Waals surface area contributed by atoms with Crippen molar-refractivity contribution in [2.75, 3.05) is 0 Å². The maximum Gasteiger partial charge on any atom is 0.257 e. The summed E-state index contributed by atoms with van der Waals surface area (Å²) in [7, 11) is 0. The van der Waals surface area contributed by atoms with Gasteiger partial charge in [0.1, 0.15) is 0 Å². The Morgan fingerprint density at radius 3 is 2.24 bits per heavy atom. The van der Waals surface area contributed by atoms with Crippen molar-refractivity contribution in [2.24, 2.45) is 0 Å². The van der Waals surface area contributed by atoms with Gasteiger partial charge in [0.05, 0.1) is 0 Å². The van der Waals surface area contributed by atoms with Gasteiger partial charge in [-0.05, 0) is 57.3 Å². The highest BCUT2D eigenvalue weighted by Gasteiger charge is 2.13. The molecule has 0 aliphatic rings. The van der Waals surface area contributed by atoms with E-state index in [1.54, 1.807) is 12.1 Å². The molecule has 0 bridgehead atoms. The number of carbonyl (C=O) groups excluding carboxylic acids is 1. The molecule has 0 saturated heterocycles. The molecule has 17 heavy (non-hydrogen) atoms. The second-order valence-corrected chi connectivity index (χ2v) is 5.99. The summed E-state index contributed by atoms with van der Waals surface area (Å²) in [5.41, 5.74) is 0.413. The van der Waals surface area contributed by atoms with Gasteiger partial charge in [-0.2, -0.15) is 0 Å². The molecule has 1 aromatic rings. The third-order valence-electron chi connectivity index (χ3n) is 1.82. The van der Waals surface area contributed by atoms with Crippen molar-refractivity contribution in [3.05, 3.63) is 34.3 Å². The summed E-state index contributed by atoms with van der Waals surface area (Å²) in [6.07, 6.45) is 0. The van der Waals surface area contributed by atoms with E-state index in [4.69, 9.17) is 12.2 Å². The molecule has 0 heterocycles. The second kappa shape index (κ2) is 5.60. The highest BCUT2D eigenvalue weighted by atomic mass is 79.9. The molecule has 0 aromatic heterocycles. The van der Waals surface area contributed by atoms with Crippen molar-refractivity contribution in [3.8, 4) is 0 Å². The van der Waals surface area contributed by atoms with E-state index in [1.165, 1.54) is 0 Å². The highest BCUT2D eigenvalue weighted by molar-refractivity contribution is 9.10. The topological polar surface area (TPSA) is 41.1 Å². The van der Waals surface area contributed by atoms with Gasteiger partial charge in [-0.3, -0.25) is 10.1 Å². The van der Waals surface area contributed by atoms with Gasteiger partial charge in [0, 0.05) is 15.6 Å². The molecule has 3 nitrogen and oxygen atoms in total. The normalized spacial score (nSPS) is 10.8. The standard InChI is InChI=1S/C12H15BrN2OS/c1-12(2,3)15-11(17)14-10(16)8-4-6-9(13)7-5-8/h4-7H,1-3H3,(H2,14,15,16,17). The third-order valence-corrected chi connectivity index (χ3v) is 2.55. The summed E-state index contributed by atoms with van der Waals surface area (Å²) >= 11 is 8.37. The molecule has 1 amide bonds. The van der Waals surface area contributed by atoms with Crippen molar-refractivity contribution >= 4 is 39.2 Å². The number of halogens is 1. The maximum atomic E-state index is 11.8. The smallest absolute Gasteiger partial charge is 0.257 e. The molecule has 2 N–H and O–H groups in total. The summed E-state index contributed by atoms with van der Waals surface area (Å²) in [5, 5.41) is 6.00. The van der Waals surface area contributed by atoms with E-state index in [-0.39, 0.29) is 11.4 Å². The Bertz CT molecular complexity index is 423. The Hall–Kier alpha value is -0.940. The molecule has 0 aliphatic heterocycles. The SMILES string of the molecule is CC(C)(C)NC(=S)NC(=O)c1ccc(Br)cc1. The molecule has 0 aliphatic carbocycles. The van der Waals surface area contributed by atoms with Crippen LogP contribution in [0.15, 0.2) is 28.7 Å². The van der Waals surface area contributed by atoms with Crippen LogP contribution in [-0.4, -0.2) is 16.6 Å². The molecule has 1 aromatic carbocycles. The van der Waals surface area contributed by atoms with Crippen LogP contribution in [0.1, 0.15) is 31.1 Å². The summed E-state index contributed by atoms with van der Waals surface area (Å²) in [6, 6.07) is 7.10. The number of amides is 1. The fourth-order valence-corrected chi connectivity index (χ4v) is 1.81. The minimum atomic E-state index is -0.209. The van der Waals surface area contributed by atoms with Crippen LogP contribution in [0.5, 0.6) is 0 Å². The number of benzene rings is 1. The number of thiocarbonyl (C=S) groups is 1. The van der Waals surface area contributed by atoms with E-state index in [0.29, 0.717) is 10.7 Å². The summed E-state index contributed by atoms with van der Waals surface area (Å²) in [5.74, 6) is -0.209. The number of rotatable bonds is 1. The van der Waals surface area contributed by atoms with Crippen LogP contribution in [0.4, 0.5) is 0 Å². The lowest BCUT2D eigenvalue weighted by Crippen LogP contribution is -2.48. The Balaban J connectivity index is 2.61. The Morgan fingerprint density at radius 1 is 1.24 bits per heavy atom. The fraction of sp³-hybridized carbons (Fsp3) is 0.333. The number of nitrogens with one attached hydrogen (secondary N) is 2. The van der Waals surface area contributed by atoms with Crippen molar-refractivity contribution in [1.29, 1.82) is 0 Å². The van der Waals surface area contributed by atoms with Gasteiger partial charge in [0.2, 0.25) is 0 Å². The zero-order valence-corrected chi connectivity index (χ0v) is 12.4. The summed E-state index contributed by atoms with van der Waals surface area (Å²) in [4.78, 5) is 11.8. The first kappa shape index (κ1) is 14.1. The summed E-state index contributed by atoms with van der Waals surface area (Å²) < 4.78 is 0.935. The van der Waals surface area contributed by atoms with Crippen LogP contribution < -0.4 is 10.6 Å². The van der Waals surface area contributed by atoms with Crippen molar-refractivity contribution in [1.82, 2.24) is 10.6 Å². The molecule has 1 rings (SSSR count). The van der Waals surface area contributed by atoms with E-state index in [9.17, 15) is 4.79 Å². The Labute approximate surface area is 115 Å². The van der Waals surface area contributed by atoms with Gasteiger partial charge in [-0.25, -0.2) is 0 Å². The predicted octanol–water partition coefficient (Wildman–Crippen LogP) is 2.85. The molecular formula is C12H15BrN2OS. The lowest BCUT2D eigenvalue weighted by Gasteiger charge is -2.22. The first-order valence-electron chi connectivity index (χ1n) is 5.17. The second-order valence-electron chi connectivity index (χ2n) is 4.67. The molecular weight excluding hydrogens is 300 g/mol. The summed E-state index contributed by atoms with van der Waals surface area (Å²) in [6.45, 7) is 5.93. The van der Waals surface area contributed by atoms with E-state index in [2.05, 4.69) is 26.6 Å². The van der Waals surface area contributed by atoms with Gasteiger partial charge >= 0.3 is 0 Å². The zero-order chi connectivity index (χ0) is 13.1. The first-order valence-corrected chi connectivity index (χ1v) is 6.37. The van der Waals surface area contributed by atoms with Gasteiger partial charge in [0.15, 0.2) is 5.11 Å². The number of hydrogen-bond acceptors (Lipinski definition) is 2. The molecule has 0 saturated carbocycles. The van der Waals surface area contributed by atoms with Gasteiger partial charge in [-0.15, -0.1) is 0 Å². The Kier molecular flexibility index (Phi) is 4.65. The van der Waals surface area contributed by atoms with Gasteiger partial charge in [-0.1, -0.05) is 15.9 Å². The largest absolute Gasteiger partial charge is 0.358 e. The van der Waals surface area contributed by atoms with Crippen LogP contribution >= 0.6 is 28.1 Å². The molecule has 92 valence electrons. The maximum absolute atomic E-state index is 11.8. The van der Waals surface area contributed by atoms with Crippen LogP contribution in [0.3, 0.4) is 0 Å². The lowest BCUT2D eigenvalue weighted by molar-refractivity contribution is 0.0976. The minimum absolute atomic E-state index is 0.163. The molecule has 0 fully saturated rings. The van der Waals surface area contributed by atoms with Crippen LogP contribution in [0.25, 0.3) is 0 Å². The molecule has 0 unspecified atom stereocenters.